The molecule has 0 saturated heterocycles. The summed E-state index contributed by atoms with van der Waals surface area (Å²) in [4.78, 5) is 0. The third-order valence-corrected chi connectivity index (χ3v) is 3.27. The third-order valence-electron chi connectivity index (χ3n) is 3.27. The van der Waals surface area contributed by atoms with Crippen LogP contribution in [-0.4, -0.2) is 13.1 Å². The Kier molecular flexibility index (Phi) is 4.32. The van der Waals surface area contributed by atoms with E-state index in [1.165, 1.54) is 32.2 Å². The predicted molar refractivity (Wildman–Crippen MR) is 57.5 cm³/mol. The Labute approximate surface area is 82.3 Å². The van der Waals surface area contributed by atoms with Crippen LogP contribution in [0.4, 0.5) is 0 Å². The van der Waals surface area contributed by atoms with E-state index in [1.807, 2.05) is 6.92 Å². The van der Waals surface area contributed by atoms with Gasteiger partial charge in [0.05, 0.1) is 0 Å². The first-order valence-corrected chi connectivity index (χ1v) is 5.43. The number of rotatable bonds is 5. The SMILES string of the molecule is CC#CCCNCC1(CC)CCC1. The molecule has 0 aromatic carbocycles. The maximum Gasteiger partial charge on any atom is 0.0214 e. The molecule has 1 saturated carbocycles. The summed E-state index contributed by atoms with van der Waals surface area (Å²) in [6.45, 7) is 6.48. The molecule has 0 aromatic heterocycles. The zero-order chi connectivity index (χ0) is 9.57. The molecule has 1 aliphatic rings. The van der Waals surface area contributed by atoms with Gasteiger partial charge < -0.3 is 5.32 Å². The van der Waals surface area contributed by atoms with E-state index >= 15 is 0 Å². The van der Waals surface area contributed by atoms with Gasteiger partial charge in [-0.25, -0.2) is 0 Å². The molecule has 1 N–H and O–H groups in total. The van der Waals surface area contributed by atoms with Crippen LogP contribution in [0, 0.1) is 17.3 Å². The fourth-order valence-corrected chi connectivity index (χ4v) is 1.96. The Morgan fingerprint density at radius 2 is 2.15 bits per heavy atom. The quantitative estimate of drug-likeness (QED) is 0.505. The molecule has 0 bridgehead atoms. The molecule has 13 heavy (non-hydrogen) atoms. The van der Waals surface area contributed by atoms with Gasteiger partial charge in [-0.05, 0) is 31.6 Å². The highest BCUT2D eigenvalue weighted by atomic mass is 14.9. The van der Waals surface area contributed by atoms with Crippen LogP contribution in [0.15, 0.2) is 0 Å². The highest BCUT2D eigenvalue weighted by molar-refractivity contribution is 4.95. The van der Waals surface area contributed by atoms with Crippen molar-refractivity contribution >= 4 is 0 Å². The second kappa shape index (κ2) is 5.29. The molecule has 1 nitrogen and oxygen atoms in total. The average molecular weight is 179 g/mol. The summed E-state index contributed by atoms with van der Waals surface area (Å²) in [5.41, 5.74) is 0.652. The van der Waals surface area contributed by atoms with Gasteiger partial charge in [0.2, 0.25) is 0 Å². The van der Waals surface area contributed by atoms with Crippen LogP contribution >= 0.6 is 0 Å². The molecular weight excluding hydrogens is 158 g/mol. The lowest BCUT2D eigenvalue weighted by Gasteiger charge is -2.41. The zero-order valence-electron chi connectivity index (χ0n) is 8.95. The molecule has 1 aliphatic carbocycles. The lowest BCUT2D eigenvalue weighted by molar-refractivity contribution is 0.125. The molecule has 0 heterocycles. The van der Waals surface area contributed by atoms with Crippen molar-refractivity contribution in [2.75, 3.05) is 13.1 Å². The van der Waals surface area contributed by atoms with E-state index in [2.05, 4.69) is 24.1 Å². The van der Waals surface area contributed by atoms with Crippen LogP contribution in [-0.2, 0) is 0 Å². The molecule has 1 rings (SSSR count). The van der Waals surface area contributed by atoms with Gasteiger partial charge >= 0.3 is 0 Å². The van der Waals surface area contributed by atoms with Crippen molar-refractivity contribution < 1.29 is 0 Å². The Morgan fingerprint density at radius 3 is 2.62 bits per heavy atom. The smallest absolute Gasteiger partial charge is 0.0214 e. The normalized spacial score (nSPS) is 18.6. The molecular formula is C12H21N. The van der Waals surface area contributed by atoms with E-state index in [0.717, 1.165) is 13.0 Å². The fraction of sp³-hybridized carbons (Fsp3) is 0.833. The summed E-state index contributed by atoms with van der Waals surface area (Å²) in [6, 6.07) is 0. The second-order valence-corrected chi connectivity index (χ2v) is 4.06. The first-order valence-electron chi connectivity index (χ1n) is 5.43. The van der Waals surface area contributed by atoms with Gasteiger partial charge in [0.1, 0.15) is 0 Å². The Balaban J connectivity index is 2.06. The van der Waals surface area contributed by atoms with Crippen molar-refractivity contribution in [3.63, 3.8) is 0 Å². The monoisotopic (exact) mass is 179 g/mol. The van der Waals surface area contributed by atoms with Crippen molar-refractivity contribution in [3.05, 3.63) is 0 Å². The Morgan fingerprint density at radius 1 is 1.38 bits per heavy atom. The van der Waals surface area contributed by atoms with Crippen molar-refractivity contribution in [3.8, 4) is 11.8 Å². The number of nitrogens with one attached hydrogen (secondary N) is 1. The summed E-state index contributed by atoms with van der Waals surface area (Å²) in [7, 11) is 0. The van der Waals surface area contributed by atoms with Crippen molar-refractivity contribution in [2.24, 2.45) is 5.41 Å². The summed E-state index contributed by atoms with van der Waals surface area (Å²) in [6.07, 6.45) is 6.62. The molecule has 0 aliphatic heterocycles. The van der Waals surface area contributed by atoms with Crippen molar-refractivity contribution in [1.82, 2.24) is 5.32 Å². The van der Waals surface area contributed by atoms with Crippen LogP contribution in [0.1, 0.15) is 46.0 Å². The van der Waals surface area contributed by atoms with E-state index in [9.17, 15) is 0 Å². The van der Waals surface area contributed by atoms with Gasteiger partial charge in [0, 0.05) is 19.5 Å². The van der Waals surface area contributed by atoms with Crippen LogP contribution < -0.4 is 5.32 Å². The average Bonchev–Trinajstić information content (AvgIpc) is 2.09. The highest BCUT2D eigenvalue weighted by Gasteiger charge is 2.34. The zero-order valence-corrected chi connectivity index (χ0v) is 8.95. The topological polar surface area (TPSA) is 12.0 Å². The van der Waals surface area contributed by atoms with E-state index in [0.29, 0.717) is 5.41 Å². The minimum absolute atomic E-state index is 0.652. The molecule has 0 radical (unpaired) electrons. The summed E-state index contributed by atoms with van der Waals surface area (Å²) >= 11 is 0. The minimum atomic E-state index is 0.652. The van der Waals surface area contributed by atoms with E-state index in [1.54, 1.807) is 0 Å². The van der Waals surface area contributed by atoms with Crippen LogP contribution in [0.2, 0.25) is 0 Å². The largest absolute Gasteiger partial charge is 0.315 e. The molecule has 0 amide bonds. The summed E-state index contributed by atoms with van der Waals surface area (Å²) in [5, 5.41) is 3.51. The van der Waals surface area contributed by atoms with E-state index in [-0.39, 0.29) is 0 Å². The van der Waals surface area contributed by atoms with Crippen molar-refractivity contribution in [1.29, 1.82) is 0 Å². The van der Waals surface area contributed by atoms with Gasteiger partial charge in [-0.3, -0.25) is 0 Å². The highest BCUT2D eigenvalue weighted by Crippen LogP contribution is 2.42. The van der Waals surface area contributed by atoms with Crippen LogP contribution in [0.3, 0.4) is 0 Å². The maximum absolute atomic E-state index is 3.51. The van der Waals surface area contributed by atoms with Gasteiger partial charge in [-0.2, -0.15) is 0 Å². The predicted octanol–water partition coefficient (Wildman–Crippen LogP) is 2.57. The van der Waals surface area contributed by atoms with E-state index < -0.39 is 0 Å². The molecule has 0 unspecified atom stereocenters. The molecule has 1 fully saturated rings. The standard InChI is InChI=1S/C12H21N/c1-3-5-6-10-13-11-12(4-2)8-7-9-12/h13H,4,6-11H2,1-2H3. The summed E-state index contributed by atoms with van der Waals surface area (Å²) < 4.78 is 0. The molecule has 0 atom stereocenters. The minimum Gasteiger partial charge on any atom is -0.315 e. The van der Waals surface area contributed by atoms with Crippen molar-refractivity contribution in [2.45, 2.75) is 46.0 Å². The van der Waals surface area contributed by atoms with Gasteiger partial charge in [-0.15, -0.1) is 11.8 Å². The lowest BCUT2D eigenvalue weighted by atomic mass is 9.67. The fourth-order valence-electron chi connectivity index (χ4n) is 1.96. The van der Waals surface area contributed by atoms with Gasteiger partial charge in [0.25, 0.3) is 0 Å². The van der Waals surface area contributed by atoms with Gasteiger partial charge in [-0.1, -0.05) is 13.3 Å². The molecule has 74 valence electrons. The Hall–Kier alpha value is -0.480. The van der Waals surface area contributed by atoms with Gasteiger partial charge in [0.15, 0.2) is 0 Å². The second-order valence-electron chi connectivity index (χ2n) is 4.06. The van der Waals surface area contributed by atoms with Crippen LogP contribution in [0.5, 0.6) is 0 Å². The maximum atomic E-state index is 3.51. The first-order chi connectivity index (χ1) is 6.33. The molecule has 0 aromatic rings. The van der Waals surface area contributed by atoms with Crippen LogP contribution in [0.25, 0.3) is 0 Å². The first kappa shape index (κ1) is 10.6. The Bertz CT molecular complexity index is 187. The molecule has 0 spiro atoms. The molecule has 1 heteroatoms. The van der Waals surface area contributed by atoms with E-state index in [4.69, 9.17) is 0 Å². The lowest BCUT2D eigenvalue weighted by Crippen LogP contribution is -2.39. The number of hydrogen-bond donors (Lipinski definition) is 1. The summed E-state index contributed by atoms with van der Waals surface area (Å²) in [5.74, 6) is 5.99. The third kappa shape index (κ3) is 3.04. The number of hydrogen-bond acceptors (Lipinski definition) is 1.